The van der Waals surface area contributed by atoms with E-state index in [9.17, 15) is 0 Å². The Morgan fingerprint density at radius 3 is 1.56 bits per heavy atom. The maximum absolute atomic E-state index is 4.02. The number of aryl methyl sites for hydroxylation is 1. The maximum atomic E-state index is 4.02. The second-order valence-corrected chi connectivity index (χ2v) is 12.7. The van der Waals surface area contributed by atoms with E-state index in [0.29, 0.717) is 0 Å². The summed E-state index contributed by atoms with van der Waals surface area (Å²) in [6.45, 7) is 22.2. The molecule has 0 fully saturated rings. The summed E-state index contributed by atoms with van der Waals surface area (Å²) in [5.74, 6) is 0. The lowest BCUT2D eigenvalue weighted by molar-refractivity contribution is 0.930. The number of rotatable bonds is 8. The van der Waals surface area contributed by atoms with Gasteiger partial charge in [-0.2, -0.15) is 0 Å². The number of allylic oxidation sites excluding steroid dienone is 4. The summed E-state index contributed by atoms with van der Waals surface area (Å²) in [4.78, 5) is 2.41. The number of aromatic nitrogens is 1. The molecule has 0 spiro atoms. The maximum Gasteiger partial charge on any atom is 0.0528 e. The van der Waals surface area contributed by atoms with Crippen LogP contribution in [0.4, 0.5) is 11.4 Å². The third kappa shape index (κ3) is 10.4. The van der Waals surface area contributed by atoms with Crippen LogP contribution in [0.15, 0.2) is 182 Å². The van der Waals surface area contributed by atoms with Crippen molar-refractivity contribution in [1.82, 2.24) is 4.57 Å². The molecule has 57 heavy (non-hydrogen) atoms. The van der Waals surface area contributed by atoms with E-state index in [1.807, 2.05) is 61.5 Å². The molecule has 0 radical (unpaired) electrons. The molecule has 0 N–H and O–H groups in total. The van der Waals surface area contributed by atoms with Crippen molar-refractivity contribution in [1.29, 1.82) is 0 Å². The molecule has 0 aliphatic heterocycles. The van der Waals surface area contributed by atoms with Crippen molar-refractivity contribution >= 4 is 33.9 Å². The SMILES string of the molecule is C=Cc1cc(C2=CC=C(N(c3ccc(-c4ccccc4)cc3)c3ccc(-c4ccc(-n5ccc6ccccc65)cc4)cc3)CC2)ccc1C.CC.CC.CC.CC. The zero-order valence-corrected chi connectivity index (χ0v) is 35.8. The Labute approximate surface area is 344 Å². The Morgan fingerprint density at radius 2 is 1.02 bits per heavy atom. The minimum Gasteiger partial charge on any atom is -0.317 e. The summed E-state index contributed by atoms with van der Waals surface area (Å²) in [5.41, 5.74) is 15.9. The molecule has 0 unspecified atom stereocenters. The molecule has 0 saturated heterocycles. The molecule has 0 saturated carbocycles. The van der Waals surface area contributed by atoms with Crippen molar-refractivity contribution in [2.45, 2.75) is 75.2 Å². The van der Waals surface area contributed by atoms with Crippen molar-refractivity contribution < 1.29 is 0 Å². The van der Waals surface area contributed by atoms with E-state index in [1.165, 1.54) is 61.1 Å². The van der Waals surface area contributed by atoms with Crippen LogP contribution in [0, 0.1) is 6.92 Å². The first-order chi connectivity index (χ1) is 28.1. The van der Waals surface area contributed by atoms with E-state index in [4.69, 9.17) is 0 Å². The Hall–Kier alpha value is -6.12. The molecule has 6 aromatic carbocycles. The lowest BCUT2D eigenvalue weighted by Crippen LogP contribution is -2.17. The van der Waals surface area contributed by atoms with Crippen LogP contribution in [0.1, 0.15) is 84.9 Å². The molecule has 7 aromatic rings. The van der Waals surface area contributed by atoms with Crippen molar-refractivity contribution in [3.05, 3.63) is 199 Å². The summed E-state index contributed by atoms with van der Waals surface area (Å²) < 4.78 is 2.25. The number of hydrogen-bond donors (Lipinski definition) is 0. The highest BCUT2D eigenvalue weighted by molar-refractivity contribution is 5.82. The molecule has 0 atom stereocenters. The molecular formula is C55H62N2. The van der Waals surface area contributed by atoms with Crippen molar-refractivity contribution in [2.75, 3.05) is 4.90 Å². The monoisotopic (exact) mass is 750 g/mol. The van der Waals surface area contributed by atoms with Gasteiger partial charge in [-0.1, -0.05) is 171 Å². The lowest BCUT2D eigenvalue weighted by atomic mass is 9.92. The van der Waals surface area contributed by atoms with E-state index in [0.717, 1.165) is 29.9 Å². The predicted octanol–water partition coefficient (Wildman–Crippen LogP) is 16.9. The van der Waals surface area contributed by atoms with Crippen molar-refractivity contribution in [3.63, 3.8) is 0 Å². The third-order valence-corrected chi connectivity index (χ3v) is 9.72. The summed E-state index contributed by atoms with van der Waals surface area (Å²) in [7, 11) is 0. The van der Waals surface area contributed by atoms with E-state index >= 15 is 0 Å². The van der Waals surface area contributed by atoms with Crippen LogP contribution in [0.25, 0.3) is 50.5 Å². The average Bonchev–Trinajstić information content (AvgIpc) is 3.75. The van der Waals surface area contributed by atoms with Gasteiger partial charge < -0.3 is 9.47 Å². The fraction of sp³-hybridized carbons (Fsp3) is 0.200. The van der Waals surface area contributed by atoms with Gasteiger partial charge in [0.25, 0.3) is 0 Å². The third-order valence-electron chi connectivity index (χ3n) is 9.72. The number of anilines is 2. The van der Waals surface area contributed by atoms with Gasteiger partial charge in [-0.25, -0.2) is 0 Å². The van der Waals surface area contributed by atoms with Crippen molar-refractivity contribution in [2.24, 2.45) is 0 Å². The number of para-hydroxylation sites is 1. The fourth-order valence-electron chi connectivity index (χ4n) is 6.95. The summed E-state index contributed by atoms with van der Waals surface area (Å²) >= 11 is 0. The molecule has 0 bridgehead atoms. The molecule has 1 heterocycles. The van der Waals surface area contributed by atoms with Crippen LogP contribution in [-0.2, 0) is 0 Å². The van der Waals surface area contributed by atoms with Crippen LogP contribution in [0.2, 0.25) is 0 Å². The van der Waals surface area contributed by atoms with Gasteiger partial charge in [0, 0.05) is 29.0 Å². The van der Waals surface area contributed by atoms with Gasteiger partial charge in [0.15, 0.2) is 0 Å². The van der Waals surface area contributed by atoms with E-state index in [-0.39, 0.29) is 0 Å². The molecule has 292 valence electrons. The molecule has 0 amide bonds. The van der Waals surface area contributed by atoms with E-state index in [1.54, 1.807) is 0 Å². The van der Waals surface area contributed by atoms with Gasteiger partial charge >= 0.3 is 0 Å². The zero-order valence-electron chi connectivity index (χ0n) is 35.8. The first-order valence-corrected chi connectivity index (χ1v) is 21.0. The first kappa shape index (κ1) is 43.6. The van der Waals surface area contributed by atoms with E-state index in [2.05, 4.69) is 193 Å². The minimum atomic E-state index is 0.945. The molecule has 2 heteroatoms. The van der Waals surface area contributed by atoms with Gasteiger partial charge in [0.1, 0.15) is 0 Å². The predicted molar refractivity (Wildman–Crippen MR) is 255 cm³/mol. The highest BCUT2D eigenvalue weighted by Crippen LogP contribution is 2.38. The van der Waals surface area contributed by atoms with Gasteiger partial charge in [-0.3, -0.25) is 0 Å². The standard InChI is InChI=1S/C47H38N2.4C2H6/c1-3-35-33-42(14-13-34(35)2)40-21-29-46(30-22-40)49(44-25-17-37(18-26-44)36-9-5-4-6-10-36)45-27-19-39(20-28-45)38-15-23-43(24-16-38)48-32-31-41-11-7-8-12-47(41)48;4*1-2/h3-21,23-29,31-33H,1,22,30H2,2H3;4*1-2H3. The number of hydrogen-bond acceptors (Lipinski definition) is 1. The molecule has 1 aliphatic carbocycles. The Bertz CT molecular complexity index is 2320. The smallest absolute Gasteiger partial charge is 0.0528 e. The van der Waals surface area contributed by atoms with Crippen LogP contribution < -0.4 is 4.90 Å². The Kier molecular flexibility index (Phi) is 17.2. The van der Waals surface area contributed by atoms with Crippen molar-refractivity contribution in [3.8, 4) is 27.9 Å². The van der Waals surface area contributed by atoms with Crippen LogP contribution in [-0.4, -0.2) is 4.57 Å². The molecular weight excluding hydrogens is 689 g/mol. The minimum absolute atomic E-state index is 0.945. The Morgan fingerprint density at radius 1 is 0.509 bits per heavy atom. The summed E-state index contributed by atoms with van der Waals surface area (Å²) in [5, 5.41) is 1.25. The lowest BCUT2D eigenvalue weighted by Gasteiger charge is -2.30. The normalized spacial score (nSPS) is 11.4. The van der Waals surface area contributed by atoms with Gasteiger partial charge in [0.2, 0.25) is 0 Å². The number of fused-ring (bicyclic) bond motifs is 1. The van der Waals surface area contributed by atoms with Gasteiger partial charge in [-0.15, -0.1) is 0 Å². The second-order valence-electron chi connectivity index (χ2n) is 12.7. The molecule has 1 aromatic heterocycles. The first-order valence-electron chi connectivity index (χ1n) is 21.0. The summed E-state index contributed by atoms with van der Waals surface area (Å²) in [6.07, 6.45) is 10.6. The Balaban J connectivity index is 0.000000849. The zero-order chi connectivity index (χ0) is 41.2. The highest BCUT2D eigenvalue weighted by Gasteiger charge is 2.19. The summed E-state index contributed by atoms with van der Waals surface area (Å²) in [6, 6.07) is 54.8. The average molecular weight is 751 g/mol. The van der Waals surface area contributed by atoms with Crippen LogP contribution >= 0.6 is 0 Å². The molecule has 2 nitrogen and oxygen atoms in total. The molecule has 1 aliphatic rings. The fourth-order valence-corrected chi connectivity index (χ4v) is 6.95. The number of benzene rings is 6. The number of nitrogens with zero attached hydrogens (tertiary/aromatic N) is 2. The highest BCUT2D eigenvalue weighted by atomic mass is 15.1. The second kappa shape index (κ2) is 22.4. The van der Waals surface area contributed by atoms with Gasteiger partial charge in [0.05, 0.1) is 5.52 Å². The topological polar surface area (TPSA) is 8.17 Å². The van der Waals surface area contributed by atoms with Gasteiger partial charge in [-0.05, 0) is 130 Å². The quantitative estimate of drug-likeness (QED) is 0.150. The largest absolute Gasteiger partial charge is 0.317 e. The molecule has 8 rings (SSSR count). The van der Waals surface area contributed by atoms with Crippen LogP contribution in [0.3, 0.4) is 0 Å². The van der Waals surface area contributed by atoms with E-state index < -0.39 is 0 Å². The van der Waals surface area contributed by atoms with Crippen LogP contribution in [0.5, 0.6) is 0 Å².